The molecule has 10 heteroatoms. The molecular formula is C20H12BrClF2N6. The number of nitrogens with one attached hydrogen (secondary N) is 1. The Bertz CT molecular complexity index is 1300. The van der Waals surface area contributed by atoms with Crippen molar-refractivity contribution in [1.82, 2.24) is 25.0 Å². The van der Waals surface area contributed by atoms with Gasteiger partial charge >= 0.3 is 0 Å². The van der Waals surface area contributed by atoms with E-state index in [1.54, 1.807) is 35.9 Å². The number of hydrogen-bond donors (Lipinski definition) is 1. The van der Waals surface area contributed by atoms with E-state index in [0.29, 0.717) is 38.1 Å². The first kappa shape index (κ1) is 19.1. The maximum atomic E-state index is 14.8. The Morgan fingerprint density at radius 2 is 1.83 bits per heavy atom. The fourth-order valence-electron chi connectivity index (χ4n) is 3.54. The van der Waals surface area contributed by atoms with Crippen LogP contribution >= 0.6 is 27.5 Å². The van der Waals surface area contributed by atoms with E-state index in [1.807, 2.05) is 0 Å². The largest absolute Gasteiger partial charge is 0.275 e. The van der Waals surface area contributed by atoms with Crippen molar-refractivity contribution in [3.63, 3.8) is 0 Å². The predicted molar refractivity (Wildman–Crippen MR) is 112 cm³/mol. The lowest BCUT2D eigenvalue weighted by Crippen LogP contribution is -2.13. The molecule has 1 aliphatic heterocycles. The van der Waals surface area contributed by atoms with E-state index in [-0.39, 0.29) is 11.3 Å². The highest BCUT2D eigenvalue weighted by molar-refractivity contribution is 9.10. The molecule has 6 nitrogen and oxygen atoms in total. The Kier molecular flexibility index (Phi) is 4.52. The maximum Gasteiger partial charge on any atom is 0.186 e. The number of halogens is 4. The molecular weight excluding hydrogens is 478 g/mol. The van der Waals surface area contributed by atoms with Gasteiger partial charge in [0.25, 0.3) is 0 Å². The van der Waals surface area contributed by atoms with Crippen molar-refractivity contribution in [2.24, 2.45) is 4.99 Å². The van der Waals surface area contributed by atoms with Crippen molar-refractivity contribution < 1.29 is 8.78 Å². The topological polar surface area (TPSA) is 71.8 Å². The number of rotatable bonds is 2. The molecule has 0 spiro atoms. The van der Waals surface area contributed by atoms with E-state index in [2.05, 4.69) is 41.3 Å². The molecule has 0 bridgehead atoms. The Morgan fingerprint density at radius 3 is 2.53 bits per heavy atom. The molecule has 2 aromatic heterocycles. The van der Waals surface area contributed by atoms with Gasteiger partial charge in [0.2, 0.25) is 0 Å². The predicted octanol–water partition coefficient (Wildman–Crippen LogP) is 5.26. The summed E-state index contributed by atoms with van der Waals surface area (Å²) in [5, 5.41) is 15.8. The normalized spacial score (nSPS) is 15.4. The highest BCUT2D eigenvalue weighted by Crippen LogP contribution is 2.39. The molecule has 0 amide bonds. The fourth-order valence-corrected chi connectivity index (χ4v) is 4.22. The molecule has 1 atom stereocenters. The van der Waals surface area contributed by atoms with Crippen LogP contribution in [0.1, 0.15) is 29.9 Å². The molecule has 1 aliphatic rings. The summed E-state index contributed by atoms with van der Waals surface area (Å²) in [6.45, 7) is 1.79. The standard InChI is InChI=1S/C20H12BrClF2N6/c1-9-19-28-29-20(13-7-8-25-27-13)30(19)14-6-5-10(22)17(21)16(14)18(26-9)15-11(23)3-2-4-12(15)24/h2-9H,1H3,(H,25,27)/t9-/m0/s1. The van der Waals surface area contributed by atoms with Crippen molar-refractivity contribution in [2.45, 2.75) is 13.0 Å². The summed E-state index contributed by atoms with van der Waals surface area (Å²) in [6, 6.07) is 8.37. The van der Waals surface area contributed by atoms with E-state index in [9.17, 15) is 8.78 Å². The minimum absolute atomic E-state index is 0.142. The highest BCUT2D eigenvalue weighted by Gasteiger charge is 2.31. The number of aliphatic imine (C=N–C) groups is 1. The summed E-state index contributed by atoms with van der Waals surface area (Å²) in [7, 11) is 0. The summed E-state index contributed by atoms with van der Waals surface area (Å²) >= 11 is 9.85. The molecule has 0 unspecified atom stereocenters. The van der Waals surface area contributed by atoms with Crippen LogP contribution < -0.4 is 0 Å². The number of aromatic nitrogens is 5. The van der Waals surface area contributed by atoms with Crippen molar-refractivity contribution >= 4 is 33.2 Å². The molecule has 0 radical (unpaired) electrons. The molecule has 4 aromatic rings. The van der Waals surface area contributed by atoms with Crippen LogP contribution in [-0.4, -0.2) is 30.7 Å². The molecule has 2 aromatic carbocycles. The van der Waals surface area contributed by atoms with Crippen LogP contribution in [0.4, 0.5) is 8.78 Å². The fraction of sp³-hybridized carbons (Fsp3) is 0.100. The third kappa shape index (κ3) is 2.80. The lowest BCUT2D eigenvalue weighted by Gasteiger charge is -2.16. The number of benzene rings is 2. The van der Waals surface area contributed by atoms with E-state index < -0.39 is 17.7 Å². The number of nitrogens with zero attached hydrogens (tertiary/aromatic N) is 5. The maximum absolute atomic E-state index is 14.8. The van der Waals surface area contributed by atoms with Gasteiger partial charge in [-0.15, -0.1) is 10.2 Å². The zero-order chi connectivity index (χ0) is 21.0. The zero-order valence-corrected chi connectivity index (χ0v) is 17.7. The van der Waals surface area contributed by atoms with Gasteiger partial charge < -0.3 is 0 Å². The van der Waals surface area contributed by atoms with Gasteiger partial charge in [0, 0.05) is 16.2 Å². The summed E-state index contributed by atoms with van der Waals surface area (Å²) in [4.78, 5) is 4.65. The second kappa shape index (κ2) is 7.10. The molecule has 0 aliphatic carbocycles. The molecule has 0 fully saturated rings. The molecule has 3 heterocycles. The minimum Gasteiger partial charge on any atom is -0.275 e. The molecule has 30 heavy (non-hydrogen) atoms. The zero-order valence-electron chi connectivity index (χ0n) is 15.4. The monoisotopic (exact) mass is 488 g/mol. The number of H-pyrrole nitrogens is 1. The van der Waals surface area contributed by atoms with Crippen LogP contribution in [0.5, 0.6) is 0 Å². The van der Waals surface area contributed by atoms with Crippen LogP contribution in [0.25, 0.3) is 17.2 Å². The second-order valence-corrected chi connectivity index (χ2v) is 7.89. The summed E-state index contributed by atoms with van der Waals surface area (Å²) < 4.78 is 31.8. The first-order chi connectivity index (χ1) is 14.5. The van der Waals surface area contributed by atoms with Gasteiger partial charge in [0.15, 0.2) is 11.6 Å². The van der Waals surface area contributed by atoms with Crippen molar-refractivity contribution in [3.05, 3.63) is 80.7 Å². The third-order valence-corrected chi connectivity index (χ3v) is 6.24. The quantitative estimate of drug-likeness (QED) is 0.417. The van der Waals surface area contributed by atoms with Crippen LogP contribution in [0.15, 0.2) is 52.1 Å². The van der Waals surface area contributed by atoms with Gasteiger partial charge in [-0.25, -0.2) is 8.78 Å². The Morgan fingerprint density at radius 1 is 1.07 bits per heavy atom. The molecule has 5 rings (SSSR count). The van der Waals surface area contributed by atoms with E-state index in [4.69, 9.17) is 11.6 Å². The average Bonchev–Trinajstić information content (AvgIpc) is 3.36. The van der Waals surface area contributed by atoms with Gasteiger partial charge in [-0.1, -0.05) is 17.7 Å². The second-order valence-electron chi connectivity index (χ2n) is 6.69. The van der Waals surface area contributed by atoms with Gasteiger partial charge in [0.05, 0.1) is 22.0 Å². The summed E-state index contributed by atoms with van der Waals surface area (Å²) in [5.41, 5.74) is 1.58. The highest BCUT2D eigenvalue weighted by atomic mass is 79.9. The number of hydrogen-bond acceptors (Lipinski definition) is 4. The van der Waals surface area contributed by atoms with E-state index in [0.717, 1.165) is 0 Å². The molecule has 0 saturated heterocycles. The Balaban J connectivity index is 1.89. The molecule has 0 saturated carbocycles. The summed E-state index contributed by atoms with van der Waals surface area (Å²) in [5.74, 6) is -0.424. The lowest BCUT2D eigenvalue weighted by molar-refractivity contribution is 0.578. The average molecular weight is 490 g/mol. The Labute approximate surface area is 182 Å². The van der Waals surface area contributed by atoms with Gasteiger partial charge in [-0.3, -0.25) is 14.7 Å². The van der Waals surface area contributed by atoms with E-state index in [1.165, 1.54) is 18.2 Å². The molecule has 1 N–H and O–H groups in total. The first-order valence-electron chi connectivity index (χ1n) is 8.93. The SMILES string of the molecule is C[C@@H]1N=C(c2c(F)cccc2F)c2c(ccc(Cl)c2Br)-n2c(-c3ccn[nH]3)nnc21. The van der Waals surface area contributed by atoms with Crippen LogP contribution in [0.3, 0.4) is 0 Å². The minimum atomic E-state index is -0.717. The third-order valence-electron chi connectivity index (χ3n) is 4.88. The lowest BCUT2D eigenvalue weighted by atomic mass is 9.99. The van der Waals surface area contributed by atoms with Gasteiger partial charge in [-0.2, -0.15) is 5.10 Å². The van der Waals surface area contributed by atoms with E-state index >= 15 is 0 Å². The number of aromatic amines is 1. The van der Waals surface area contributed by atoms with Crippen LogP contribution in [0, 0.1) is 11.6 Å². The van der Waals surface area contributed by atoms with Gasteiger partial charge in [-0.05, 0) is 53.2 Å². The van der Waals surface area contributed by atoms with Crippen LogP contribution in [0.2, 0.25) is 5.02 Å². The van der Waals surface area contributed by atoms with Crippen molar-refractivity contribution in [2.75, 3.05) is 0 Å². The summed E-state index contributed by atoms with van der Waals surface area (Å²) in [6.07, 6.45) is 1.60. The van der Waals surface area contributed by atoms with Crippen molar-refractivity contribution in [3.8, 4) is 17.2 Å². The first-order valence-corrected chi connectivity index (χ1v) is 10.1. The Hall–Kier alpha value is -2.91. The van der Waals surface area contributed by atoms with Gasteiger partial charge in [0.1, 0.15) is 23.4 Å². The van der Waals surface area contributed by atoms with Crippen LogP contribution in [-0.2, 0) is 0 Å². The van der Waals surface area contributed by atoms with Crippen molar-refractivity contribution in [1.29, 1.82) is 0 Å². The molecule has 150 valence electrons. The smallest absolute Gasteiger partial charge is 0.186 e. The number of fused-ring (bicyclic) bond motifs is 3.